The van der Waals surface area contributed by atoms with E-state index in [1.54, 1.807) is 28.6 Å². The second kappa shape index (κ2) is 9.67. The van der Waals surface area contributed by atoms with Crippen LogP contribution in [0.1, 0.15) is 48.0 Å². The van der Waals surface area contributed by atoms with Gasteiger partial charge in [-0.3, -0.25) is 4.79 Å². The lowest BCUT2D eigenvalue weighted by Crippen LogP contribution is -2.47. The van der Waals surface area contributed by atoms with Crippen LogP contribution in [0.15, 0.2) is 35.9 Å². The van der Waals surface area contributed by atoms with Gasteiger partial charge < -0.3 is 10.2 Å². The number of sulfonamides is 1. The molecule has 7 heteroatoms. The van der Waals surface area contributed by atoms with E-state index in [1.807, 2.05) is 7.05 Å². The van der Waals surface area contributed by atoms with Crippen LogP contribution in [0.5, 0.6) is 0 Å². The molecule has 0 atom stereocenters. The maximum absolute atomic E-state index is 12.6. The number of carbonyl (C=O) groups excluding carboxylic acids is 1. The second-order valence-corrected chi connectivity index (χ2v) is 9.74. The first-order chi connectivity index (χ1) is 13.4. The molecule has 0 unspecified atom stereocenters. The Morgan fingerprint density at radius 1 is 1.07 bits per heavy atom. The molecule has 154 valence electrons. The van der Waals surface area contributed by atoms with Crippen LogP contribution in [0.4, 0.5) is 0 Å². The number of hydrogen-bond donors (Lipinski definition) is 1. The third-order valence-electron chi connectivity index (χ3n) is 5.54. The summed E-state index contributed by atoms with van der Waals surface area (Å²) < 4.78 is 26.8. The summed E-state index contributed by atoms with van der Waals surface area (Å²) in [5.74, 6) is -0.128. The molecule has 1 amide bonds. The number of piperazine rings is 1. The highest BCUT2D eigenvalue weighted by Gasteiger charge is 2.25. The van der Waals surface area contributed by atoms with Gasteiger partial charge in [0.15, 0.2) is 0 Å². The Bertz CT molecular complexity index is 795. The molecule has 1 aromatic rings. The fourth-order valence-electron chi connectivity index (χ4n) is 3.69. The molecule has 1 aliphatic carbocycles. The minimum Gasteiger partial charge on any atom is -0.352 e. The van der Waals surface area contributed by atoms with E-state index in [9.17, 15) is 13.2 Å². The number of likely N-dealkylation sites (N-methyl/N-ethyl adjacent to an activating group) is 1. The Balaban J connectivity index is 1.49. The number of nitrogens with zero attached hydrogens (tertiary/aromatic N) is 2. The van der Waals surface area contributed by atoms with Gasteiger partial charge in [0.05, 0.1) is 5.75 Å². The van der Waals surface area contributed by atoms with Gasteiger partial charge in [-0.2, -0.15) is 4.31 Å². The summed E-state index contributed by atoms with van der Waals surface area (Å²) in [5.41, 5.74) is 2.72. The van der Waals surface area contributed by atoms with Gasteiger partial charge in [0, 0.05) is 38.3 Å². The van der Waals surface area contributed by atoms with Crippen LogP contribution in [0.3, 0.4) is 0 Å². The van der Waals surface area contributed by atoms with Crippen molar-refractivity contribution in [2.75, 3.05) is 39.8 Å². The fraction of sp³-hybridized carbons (Fsp3) is 0.571. The van der Waals surface area contributed by atoms with Crippen molar-refractivity contribution in [3.63, 3.8) is 0 Å². The topological polar surface area (TPSA) is 69.7 Å². The number of hydrogen-bond acceptors (Lipinski definition) is 4. The highest BCUT2D eigenvalue weighted by Crippen LogP contribution is 2.19. The Hall–Kier alpha value is -1.70. The van der Waals surface area contributed by atoms with Crippen molar-refractivity contribution in [3.05, 3.63) is 47.0 Å². The summed E-state index contributed by atoms with van der Waals surface area (Å²) in [6.07, 6.45) is 8.03. The van der Waals surface area contributed by atoms with E-state index in [0.717, 1.165) is 32.4 Å². The highest BCUT2D eigenvalue weighted by atomic mass is 32.2. The van der Waals surface area contributed by atoms with Gasteiger partial charge in [-0.1, -0.05) is 23.8 Å². The van der Waals surface area contributed by atoms with E-state index in [2.05, 4.69) is 16.3 Å². The maximum atomic E-state index is 12.6. The van der Waals surface area contributed by atoms with Crippen LogP contribution in [-0.4, -0.2) is 63.3 Å². The molecule has 1 fully saturated rings. The van der Waals surface area contributed by atoms with Gasteiger partial charge in [-0.25, -0.2) is 8.42 Å². The molecule has 0 saturated carbocycles. The first kappa shape index (κ1) is 21.0. The number of amides is 1. The van der Waals surface area contributed by atoms with E-state index in [0.29, 0.717) is 30.8 Å². The van der Waals surface area contributed by atoms with Crippen molar-refractivity contribution in [1.29, 1.82) is 0 Å². The molecule has 0 aromatic heterocycles. The maximum Gasteiger partial charge on any atom is 0.251 e. The average molecular weight is 406 g/mol. The molecular weight excluding hydrogens is 374 g/mol. The zero-order valence-corrected chi connectivity index (χ0v) is 17.5. The monoisotopic (exact) mass is 405 g/mol. The van der Waals surface area contributed by atoms with Crippen LogP contribution in [0.25, 0.3) is 0 Å². The molecule has 0 spiro atoms. The van der Waals surface area contributed by atoms with E-state index < -0.39 is 10.0 Å². The first-order valence-electron chi connectivity index (χ1n) is 10.2. The molecule has 3 rings (SSSR count). The SMILES string of the molecule is CN1CCN(S(=O)(=O)Cc2ccc(C(=O)NCCC3=CCCCC3)cc2)CC1. The Labute approximate surface area is 168 Å². The summed E-state index contributed by atoms with van der Waals surface area (Å²) >= 11 is 0. The average Bonchev–Trinajstić information content (AvgIpc) is 2.69. The second-order valence-electron chi connectivity index (χ2n) is 7.77. The van der Waals surface area contributed by atoms with Gasteiger partial charge in [-0.15, -0.1) is 0 Å². The van der Waals surface area contributed by atoms with Crippen molar-refractivity contribution in [3.8, 4) is 0 Å². The number of nitrogens with one attached hydrogen (secondary N) is 1. The Kier molecular flexibility index (Phi) is 7.26. The van der Waals surface area contributed by atoms with Gasteiger partial charge in [0.2, 0.25) is 10.0 Å². The lowest BCUT2D eigenvalue weighted by Gasteiger charge is -2.31. The molecule has 0 bridgehead atoms. The van der Waals surface area contributed by atoms with Crippen LogP contribution >= 0.6 is 0 Å². The predicted octanol–water partition coefficient (Wildman–Crippen LogP) is 2.38. The van der Waals surface area contributed by atoms with Crippen molar-refractivity contribution in [2.45, 2.75) is 37.9 Å². The number of allylic oxidation sites excluding steroid dienone is 1. The van der Waals surface area contributed by atoms with Crippen molar-refractivity contribution < 1.29 is 13.2 Å². The minimum atomic E-state index is -3.32. The molecule has 0 radical (unpaired) electrons. The zero-order chi connectivity index (χ0) is 20.0. The van der Waals surface area contributed by atoms with Gasteiger partial charge in [-0.05, 0) is 56.8 Å². The molecule has 1 N–H and O–H groups in total. The summed E-state index contributed by atoms with van der Waals surface area (Å²) in [6.45, 7) is 3.24. The molecule has 1 saturated heterocycles. The number of benzene rings is 1. The normalized spacial score (nSPS) is 19.2. The van der Waals surface area contributed by atoms with E-state index in [-0.39, 0.29) is 11.7 Å². The van der Waals surface area contributed by atoms with Gasteiger partial charge in [0.25, 0.3) is 5.91 Å². The van der Waals surface area contributed by atoms with Crippen LogP contribution in [-0.2, 0) is 15.8 Å². The minimum absolute atomic E-state index is 0.0211. The smallest absolute Gasteiger partial charge is 0.251 e. The van der Waals surface area contributed by atoms with Crippen LogP contribution in [0, 0.1) is 0 Å². The van der Waals surface area contributed by atoms with Crippen molar-refractivity contribution in [2.24, 2.45) is 0 Å². The Morgan fingerprint density at radius 3 is 2.43 bits per heavy atom. The largest absolute Gasteiger partial charge is 0.352 e. The quantitative estimate of drug-likeness (QED) is 0.707. The lowest BCUT2D eigenvalue weighted by atomic mass is 9.97. The molecule has 6 nitrogen and oxygen atoms in total. The summed E-state index contributed by atoms with van der Waals surface area (Å²) in [7, 11) is -1.32. The summed E-state index contributed by atoms with van der Waals surface area (Å²) in [4.78, 5) is 14.4. The molecular formula is C21H31N3O3S. The lowest BCUT2D eigenvalue weighted by molar-refractivity contribution is 0.0954. The van der Waals surface area contributed by atoms with Crippen molar-refractivity contribution >= 4 is 15.9 Å². The highest BCUT2D eigenvalue weighted by molar-refractivity contribution is 7.88. The van der Waals surface area contributed by atoms with E-state index in [1.165, 1.54) is 18.4 Å². The predicted molar refractivity (Wildman–Crippen MR) is 112 cm³/mol. The first-order valence-corrected chi connectivity index (χ1v) is 11.8. The molecule has 2 aliphatic rings. The van der Waals surface area contributed by atoms with Crippen LogP contribution in [0.2, 0.25) is 0 Å². The number of rotatable bonds is 7. The molecule has 28 heavy (non-hydrogen) atoms. The third-order valence-corrected chi connectivity index (χ3v) is 7.39. The summed E-state index contributed by atoms with van der Waals surface area (Å²) in [6, 6.07) is 6.91. The molecule has 1 aromatic carbocycles. The van der Waals surface area contributed by atoms with E-state index in [4.69, 9.17) is 0 Å². The number of carbonyl (C=O) groups is 1. The third kappa shape index (κ3) is 5.90. The van der Waals surface area contributed by atoms with Crippen LogP contribution < -0.4 is 5.32 Å². The molecule has 1 heterocycles. The Morgan fingerprint density at radius 2 is 1.79 bits per heavy atom. The standard InChI is InChI=1S/C21H31N3O3S/c1-23-13-15-24(16-14-23)28(26,27)17-19-7-9-20(10-8-19)21(25)22-12-11-18-5-3-2-4-6-18/h5,7-10H,2-4,6,11-17H2,1H3,(H,22,25). The summed E-state index contributed by atoms with van der Waals surface area (Å²) in [5, 5.41) is 2.96. The van der Waals surface area contributed by atoms with Gasteiger partial charge in [0.1, 0.15) is 0 Å². The van der Waals surface area contributed by atoms with E-state index >= 15 is 0 Å². The fourth-order valence-corrected chi connectivity index (χ4v) is 5.21. The van der Waals surface area contributed by atoms with Gasteiger partial charge >= 0.3 is 0 Å². The zero-order valence-electron chi connectivity index (χ0n) is 16.7. The van der Waals surface area contributed by atoms with Crippen molar-refractivity contribution in [1.82, 2.24) is 14.5 Å². The molecule has 1 aliphatic heterocycles.